The maximum absolute atomic E-state index is 13.1. The number of benzene rings is 2. The van der Waals surface area contributed by atoms with Crippen molar-refractivity contribution >= 4 is 23.4 Å². The molecule has 1 saturated heterocycles. The molecule has 1 heterocycles. The highest BCUT2D eigenvalue weighted by atomic mass is 35.5. The van der Waals surface area contributed by atoms with Gasteiger partial charge in [-0.05, 0) is 35.4 Å². The van der Waals surface area contributed by atoms with Gasteiger partial charge in [0.15, 0.2) is 0 Å². The van der Waals surface area contributed by atoms with Crippen LogP contribution in [0.15, 0.2) is 48.5 Å². The first kappa shape index (κ1) is 17.7. The van der Waals surface area contributed by atoms with Gasteiger partial charge in [0.1, 0.15) is 5.82 Å². The van der Waals surface area contributed by atoms with Crippen LogP contribution in [0, 0.1) is 5.82 Å². The Morgan fingerprint density at radius 1 is 1.12 bits per heavy atom. The average molecular weight is 365 g/mol. The molecule has 1 N–H and O–H groups in total. The number of thioether (sulfide) groups is 1. The van der Waals surface area contributed by atoms with Crippen LogP contribution in [0.3, 0.4) is 0 Å². The first-order chi connectivity index (χ1) is 11.7. The first-order valence-corrected chi connectivity index (χ1v) is 9.77. The predicted octanol–water partition coefficient (Wildman–Crippen LogP) is 4.36. The highest BCUT2D eigenvalue weighted by molar-refractivity contribution is 7.99. The molecule has 1 atom stereocenters. The summed E-state index contributed by atoms with van der Waals surface area (Å²) in [5.74, 6) is 2.19. The van der Waals surface area contributed by atoms with Gasteiger partial charge in [-0.15, -0.1) is 0 Å². The Labute approximate surface area is 152 Å². The molecule has 3 rings (SSSR count). The Hall–Kier alpha value is -1.07. The van der Waals surface area contributed by atoms with Crippen molar-refractivity contribution in [3.05, 3.63) is 70.5 Å². The lowest BCUT2D eigenvalue weighted by molar-refractivity contribution is 0.264. The molecular formula is C19H22ClFN2S. The summed E-state index contributed by atoms with van der Waals surface area (Å²) in [7, 11) is 0. The summed E-state index contributed by atoms with van der Waals surface area (Å²) in [6.07, 6.45) is 0. The maximum atomic E-state index is 13.1. The second-order valence-corrected chi connectivity index (χ2v) is 7.69. The van der Waals surface area contributed by atoms with E-state index in [1.165, 1.54) is 29.2 Å². The molecule has 1 unspecified atom stereocenters. The van der Waals surface area contributed by atoms with Crippen molar-refractivity contribution in [3.8, 4) is 0 Å². The zero-order valence-corrected chi connectivity index (χ0v) is 15.1. The molecule has 0 amide bonds. The van der Waals surface area contributed by atoms with Gasteiger partial charge in [-0.2, -0.15) is 11.8 Å². The second-order valence-electron chi connectivity index (χ2n) is 6.03. The Balaban J connectivity index is 1.69. The van der Waals surface area contributed by atoms with Crippen LogP contribution in [-0.4, -0.2) is 36.0 Å². The Bertz CT molecular complexity index is 644. The summed E-state index contributed by atoms with van der Waals surface area (Å²) in [6, 6.07) is 14.9. The van der Waals surface area contributed by atoms with Crippen molar-refractivity contribution in [2.24, 2.45) is 0 Å². The van der Waals surface area contributed by atoms with Gasteiger partial charge in [0.2, 0.25) is 0 Å². The van der Waals surface area contributed by atoms with E-state index in [0.29, 0.717) is 6.54 Å². The van der Waals surface area contributed by atoms with Crippen molar-refractivity contribution in [2.45, 2.75) is 12.6 Å². The van der Waals surface area contributed by atoms with E-state index in [-0.39, 0.29) is 11.9 Å². The minimum Gasteiger partial charge on any atom is -0.305 e. The van der Waals surface area contributed by atoms with Gasteiger partial charge in [0.05, 0.1) is 0 Å². The van der Waals surface area contributed by atoms with Crippen LogP contribution in [0.1, 0.15) is 17.2 Å². The number of hydrogen-bond acceptors (Lipinski definition) is 3. The molecule has 1 aliphatic rings. The van der Waals surface area contributed by atoms with Crippen LogP contribution in [0.2, 0.25) is 5.02 Å². The lowest BCUT2D eigenvalue weighted by Crippen LogP contribution is -2.39. The summed E-state index contributed by atoms with van der Waals surface area (Å²) < 4.78 is 13.1. The molecule has 0 saturated carbocycles. The third kappa shape index (κ3) is 5.21. The molecule has 1 aliphatic heterocycles. The fourth-order valence-electron chi connectivity index (χ4n) is 2.90. The minimum atomic E-state index is -0.198. The summed E-state index contributed by atoms with van der Waals surface area (Å²) in [4.78, 5) is 2.50. The largest absolute Gasteiger partial charge is 0.305 e. The zero-order chi connectivity index (χ0) is 16.8. The Morgan fingerprint density at radius 2 is 1.88 bits per heavy atom. The van der Waals surface area contributed by atoms with E-state index < -0.39 is 0 Å². The monoisotopic (exact) mass is 364 g/mol. The lowest BCUT2D eigenvalue weighted by Gasteiger charge is -2.31. The van der Waals surface area contributed by atoms with Gasteiger partial charge in [0.25, 0.3) is 0 Å². The topological polar surface area (TPSA) is 15.3 Å². The van der Waals surface area contributed by atoms with Gasteiger partial charge in [-0.25, -0.2) is 4.39 Å². The second kappa shape index (κ2) is 8.86. The number of hydrogen-bond donors (Lipinski definition) is 1. The van der Waals surface area contributed by atoms with Crippen LogP contribution in [-0.2, 0) is 6.54 Å². The predicted molar refractivity (Wildman–Crippen MR) is 101 cm³/mol. The van der Waals surface area contributed by atoms with Crippen LogP contribution in [0.4, 0.5) is 4.39 Å². The van der Waals surface area contributed by atoms with Crippen LogP contribution < -0.4 is 5.32 Å². The van der Waals surface area contributed by atoms with Crippen LogP contribution >= 0.6 is 23.4 Å². The van der Waals surface area contributed by atoms with E-state index in [0.717, 1.165) is 30.2 Å². The molecule has 128 valence electrons. The SMILES string of the molecule is Fc1ccc(CNC(CN2CCSCC2)c2cccc(Cl)c2)cc1. The van der Waals surface area contributed by atoms with E-state index in [1.807, 2.05) is 42.1 Å². The molecule has 2 aromatic rings. The molecular weight excluding hydrogens is 343 g/mol. The Kier molecular flexibility index (Phi) is 6.55. The smallest absolute Gasteiger partial charge is 0.123 e. The molecule has 24 heavy (non-hydrogen) atoms. The minimum absolute atomic E-state index is 0.198. The highest BCUT2D eigenvalue weighted by Gasteiger charge is 2.18. The molecule has 0 bridgehead atoms. The average Bonchev–Trinajstić information content (AvgIpc) is 2.61. The normalized spacial score (nSPS) is 16.9. The fraction of sp³-hybridized carbons (Fsp3) is 0.368. The maximum Gasteiger partial charge on any atom is 0.123 e. The van der Waals surface area contributed by atoms with Crippen molar-refractivity contribution in [1.82, 2.24) is 10.2 Å². The van der Waals surface area contributed by atoms with E-state index in [4.69, 9.17) is 11.6 Å². The van der Waals surface area contributed by atoms with Crippen molar-refractivity contribution in [1.29, 1.82) is 0 Å². The van der Waals surface area contributed by atoms with Crippen molar-refractivity contribution in [3.63, 3.8) is 0 Å². The molecule has 2 aromatic carbocycles. The number of rotatable bonds is 6. The Morgan fingerprint density at radius 3 is 2.58 bits per heavy atom. The van der Waals surface area contributed by atoms with E-state index in [9.17, 15) is 4.39 Å². The molecule has 0 radical (unpaired) electrons. The number of nitrogens with one attached hydrogen (secondary N) is 1. The molecule has 0 aromatic heterocycles. The van der Waals surface area contributed by atoms with Gasteiger partial charge in [-0.3, -0.25) is 4.90 Å². The summed E-state index contributed by atoms with van der Waals surface area (Å²) in [5, 5.41) is 4.38. The lowest BCUT2D eigenvalue weighted by atomic mass is 10.1. The van der Waals surface area contributed by atoms with Crippen LogP contribution in [0.5, 0.6) is 0 Å². The van der Waals surface area contributed by atoms with E-state index in [1.54, 1.807) is 0 Å². The summed E-state index contributed by atoms with van der Waals surface area (Å²) in [5.41, 5.74) is 2.28. The van der Waals surface area contributed by atoms with Gasteiger partial charge in [0, 0.05) is 48.7 Å². The third-order valence-electron chi connectivity index (χ3n) is 4.26. The molecule has 0 aliphatic carbocycles. The zero-order valence-electron chi connectivity index (χ0n) is 13.6. The molecule has 2 nitrogen and oxygen atoms in total. The first-order valence-electron chi connectivity index (χ1n) is 8.24. The molecule has 0 spiro atoms. The standard InChI is InChI=1S/C19H22ClFN2S/c20-17-3-1-2-16(12-17)19(14-23-8-10-24-11-9-23)22-13-15-4-6-18(21)7-5-15/h1-7,12,19,22H,8-11,13-14H2. The van der Waals surface area contributed by atoms with Crippen molar-refractivity contribution < 1.29 is 4.39 Å². The van der Waals surface area contributed by atoms with Crippen LogP contribution in [0.25, 0.3) is 0 Å². The van der Waals surface area contributed by atoms with Gasteiger partial charge >= 0.3 is 0 Å². The third-order valence-corrected chi connectivity index (χ3v) is 5.44. The van der Waals surface area contributed by atoms with E-state index >= 15 is 0 Å². The summed E-state index contributed by atoms with van der Waals surface area (Å²) >= 11 is 8.20. The highest BCUT2D eigenvalue weighted by Crippen LogP contribution is 2.21. The quantitative estimate of drug-likeness (QED) is 0.819. The van der Waals surface area contributed by atoms with Crippen molar-refractivity contribution in [2.75, 3.05) is 31.1 Å². The van der Waals surface area contributed by atoms with E-state index in [2.05, 4.69) is 16.3 Å². The number of nitrogens with zero attached hydrogens (tertiary/aromatic N) is 1. The molecule has 1 fully saturated rings. The number of halogens is 2. The van der Waals surface area contributed by atoms with Gasteiger partial charge < -0.3 is 5.32 Å². The molecule has 5 heteroatoms. The van der Waals surface area contributed by atoms with Gasteiger partial charge in [-0.1, -0.05) is 35.9 Å². The summed E-state index contributed by atoms with van der Waals surface area (Å²) in [6.45, 7) is 3.92. The fourth-order valence-corrected chi connectivity index (χ4v) is 4.07.